The molecule has 1 aromatic rings. The fourth-order valence-electron chi connectivity index (χ4n) is 2.23. The predicted octanol–water partition coefficient (Wildman–Crippen LogP) is 3.19. The summed E-state index contributed by atoms with van der Waals surface area (Å²) in [5.74, 6) is -5.56. The first-order valence-electron chi connectivity index (χ1n) is 6.47. The van der Waals surface area contributed by atoms with Crippen LogP contribution in [0, 0.1) is 37.7 Å². The minimum Gasteiger partial charge on any atom is -0.351 e. The molecule has 0 aliphatic heterocycles. The molecule has 0 unspecified atom stereocenters. The SMILES string of the molecule is CC=CN(C)c1cc(F)c(F)c(F)c1C(CC)([N+](=O)[O-])[N+](=O)[O-]. The molecule has 0 spiro atoms. The van der Waals surface area contributed by atoms with Crippen molar-refractivity contribution in [3.8, 4) is 0 Å². The molecular weight excluding hydrogens is 319 g/mol. The second-order valence-corrected chi connectivity index (χ2v) is 4.66. The molecule has 0 heterocycles. The molecule has 0 aliphatic rings. The number of halogens is 3. The summed E-state index contributed by atoms with van der Waals surface area (Å²) in [6, 6.07) is 0.491. The Morgan fingerprint density at radius 2 is 1.74 bits per heavy atom. The van der Waals surface area contributed by atoms with Gasteiger partial charge in [-0.3, -0.25) is 20.2 Å². The minimum atomic E-state index is -3.14. The largest absolute Gasteiger partial charge is 0.489 e. The average molecular weight is 333 g/mol. The topological polar surface area (TPSA) is 89.5 Å². The lowest BCUT2D eigenvalue weighted by atomic mass is 9.94. The zero-order valence-corrected chi connectivity index (χ0v) is 12.5. The zero-order valence-electron chi connectivity index (χ0n) is 12.5. The van der Waals surface area contributed by atoms with E-state index in [-0.39, 0.29) is 0 Å². The number of allylic oxidation sites excluding steroid dienone is 1. The number of benzene rings is 1. The van der Waals surface area contributed by atoms with Gasteiger partial charge in [-0.2, -0.15) is 0 Å². The van der Waals surface area contributed by atoms with Crippen LogP contribution in [0.4, 0.5) is 18.9 Å². The molecule has 126 valence electrons. The van der Waals surface area contributed by atoms with Gasteiger partial charge in [-0.05, 0) is 13.1 Å². The third-order valence-corrected chi connectivity index (χ3v) is 3.39. The Hall–Kier alpha value is -2.65. The third-order valence-electron chi connectivity index (χ3n) is 3.39. The van der Waals surface area contributed by atoms with Crippen molar-refractivity contribution in [2.24, 2.45) is 0 Å². The fourth-order valence-corrected chi connectivity index (χ4v) is 2.23. The molecule has 0 amide bonds. The normalized spacial score (nSPS) is 11.7. The van der Waals surface area contributed by atoms with E-state index in [9.17, 15) is 33.4 Å². The van der Waals surface area contributed by atoms with Crippen molar-refractivity contribution in [3.05, 3.63) is 61.6 Å². The van der Waals surface area contributed by atoms with E-state index in [1.165, 1.54) is 19.3 Å². The molecule has 0 atom stereocenters. The van der Waals surface area contributed by atoms with E-state index in [4.69, 9.17) is 0 Å². The van der Waals surface area contributed by atoms with E-state index in [0.717, 1.165) is 11.8 Å². The van der Waals surface area contributed by atoms with Crippen LogP contribution in [-0.4, -0.2) is 16.9 Å². The highest BCUT2D eigenvalue weighted by molar-refractivity contribution is 5.58. The summed E-state index contributed by atoms with van der Waals surface area (Å²) in [6.45, 7) is 2.65. The molecule has 1 aromatic carbocycles. The van der Waals surface area contributed by atoms with Crippen LogP contribution in [0.15, 0.2) is 18.3 Å². The van der Waals surface area contributed by atoms with Crippen LogP contribution in [0.2, 0.25) is 0 Å². The Kier molecular flexibility index (Phi) is 5.30. The number of hydrogen-bond donors (Lipinski definition) is 0. The maximum Gasteiger partial charge on any atom is 0.489 e. The monoisotopic (exact) mass is 333 g/mol. The van der Waals surface area contributed by atoms with Gasteiger partial charge in [0.1, 0.15) is 9.85 Å². The van der Waals surface area contributed by atoms with E-state index in [1.54, 1.807) is 6.92 Å². The molecule has 0 fully saturated rings. The minimum absolute atomic E-state index is 0.491. The van der Waals surface area contributed by atoms with Gasteiger partial charge in [0, 0.05) is 13.1 Å². The van der Waals surface area contributed by atoms with Crippen LogP contribution < -0.4 is 4.90 Å². The van der Waals surface area contributed by atoms with Crippen molar-refractivity contribution in [1.82, 2.24) is 0 Å². The smallest absolute Gasteiger partial charge is 0.351 e. The fraction of sp³-hybridized carbons (Fsp3) is 0.385. The number of nitro groups is 2. The van der Waals surface area contributed by atoms with Crippen LogP contribution in [0.25, 0.3) is 0 Å². The van der Waals surface area contributed by atoms with Crippen molar-refractivity contribution < 1.29 is 23.0 Å². The summed E-state index contributed by atoms with van der Waals surface area (Å²) in [5.41, 5.74) is -4.77. The van der Waals surface area contributed by atoms with Gasteiger partial charge >= 0.3 is 5.66 Å². The number of rotatable bonds is 6. The van der Waals surface area contributed by atoms with E-state index in [2.05, 4.69) is 0 Å². The van der Waals surface area contributed by atoms with Crippen molar-refractivity contribution in [2.75, 3.05) is 11.9 Å². The van der Waals surface area contributed by atoms with E-state index in [1.807, 2.05) is 0 Å². The molecular formula is C13H14F3N3O4. The van der Waals surface area contributed by atoms with Gasteiger partial charge < -0.3 is 4.90 Å². The molecule has 0 N–H and O–H groups in total. The summed E-state index contributed by atoms with van der Waals surface area (Å²) in [4.78, 5) is 21.1. The molecule has 0 aromatic heterocycles. The summed E-state index contributed by atoms with van der Waals surface area (Å²) >= 11 is 0. The van der Waals surface area contributed by atoms with Gasteiger partial charge in [0.15, 0.2) is 23.0 Å². The van der Waals surface area contributed by atoms with Crippen LogP contribution in [0.5, 0.6) is 0 Å². The summed E-state index contributed by atoms with van der Waals surface area (Å²) in [7, 11) is 1.27. The zero-order chi connectivity index (χ0) is 17.9. The first-order chi connectivity index (χ1) is 10.6. The van der Waals surface area contributed by atoms with Gasteiger partial charge in [0.25, 0.3) is 0 Å². The number of anilines is 1. The maximum atomic E-state index is 14.3. The maximum absolute atomic E-state index is 14.3. The molecule has 10 heteroatoms. The van der Waals surface area contributed by atoms with Crippen LogP contribution >= 0.6 is 0 Å². The lowest BCUT2D eigenvalue weighted by molar-refractivity contribution is -0.811. The molecule has 0 radical (unpaired) electrons. The predicted molar refractivity (Wildman–Crippen MR) is 75.5 cm³/mol. The molecule has 23 heavy (non-hydrogen) atoms. The summed E-state index contributed by atoms with van der Waals surface area (Å²) < 4.78 is 41.3. The van der Waals surface area contributed by atoms with Crippen molar-refractivity contribution in [2.45, 2.75) is 25.9 Å². The Morgan fingerprint density at radius 1 is 1.22 bits per heavy atom. The second-order valence-electron chi connectivity index (χ2n) is 4.66. The van der Waals surface area contributed by atoms with Gasteiger partial charge in [0.2, 0.25) is 0 Å². The second kappa shape index (κ2) is 6.63. The lowest BCUT2D eigenvalue weighted by Crippen LogP contribution is -2.44. The van der Waals surface area contributed by atoms with Gasteiger partial charge in [-0.25, -0.2) is 13.2 Å². The van der Waals surface area contributed by atoms with Crippen LogP contribution in [-0.2, 0) is 5.66 Å². The first-order valence-corrected chi connectivity index (χ1v) is 6.47. The standard InChI is InChI=1S/C13H14F3N3O4/c1-4-6-17(3)9-7-8(14)11(15)12(16)10(9)13(5-2,18(20)21)19(22)23/h4,6-7H,5H2,1-3H3. The van der Waals surface area contributed by atoms with Crippen molar-refractivity contribution in [1.29, 1.82) is 0 Å². The number of nitrogens with zero attached hydrogens (tertiary/aromatic N) is 3. The summed E-state index contributed by atoms with van der Waals surface area (Å²) in [5, 5.41) is 22.6. The Bertz CT molecular complexity index is 665. The van der Waals surface area contributed by atoms with Crippen LogP contribution in [0.3, 0.4) is 0 Å². The molecule has 1 rings (SSSR count). The van der Waals surface area contributed by atoms with Crippen LogP contribution in [0.1, 0.15) is 25.8 Å². The highest BCUT2D eigenvalue weighted by Crippen LogP contribution is 2.39. The van der Waals surface area contributed by atoms with E-state index >= 15 is 0 Å². The molecule has 0 aliphatic carbocycles. The van der Waals surface area contributed by atoms with E-state index < -0.39 is 50.6 Å². The Balaban J connectivity index is 3.96. The quantitative estimate of drug-likeness (QED) is 0.345. The highest BCUT2D eigenvalue weighted by atomic mass is 19.2. The molecule has 0 saturated heterocycles. The molecule has 7 nitrogen and oxygen atoms in total. The Labute approximate surface area is 129 Å². The Morgan fingerprint density at radius 3 is 2.13 bits per heavy atom. The summed E-state index contributed by atoms with van der Waals surface area (Å²) in [6.07, 6.45) is 1.95. The lowest BCUT2D eigenvalue weighted by Gasteiger charge is -2.23. The molecule has 0 bridgehead atoms. The van der Waals surface area contributed by atoms with Crippen molar-refractivity contribution in [3.63, 3.8) is 0 Å². The first kappa shape index (κ1) is 18.4. The van der Waals surface area contributed by atoms with Crippen molar-refractivity contribution >= 4 is 5.69 Å². The average Bonchev–Trinajstić information content (AvgIpc) is 2.47. The van der Waals surface area contributed by atoms with Gasteiger partial charge in [-0.15, -0.1) is 0 Å². The van der Waals surface area contributed by atoms with Gasteiger partial charge in [0.05, 0.1) is 12.1 Å². The molecule has 0 saturated carbocycles. The third kappa shape index (κ3) is 2.83. The number of hydrogen-bond acceptors (Lipinski definition) is 5. The van der Waals surface area contributed by atoms with Gasteiger partial charge in [-0.1, -0.05) is 13.0 Å². The highest BCUT2D eigenvalue weighted by Gasteiger charge is 2.60. The van der Waals surface area contributed by atoms with E-state index in [0.29, 0.717) is 6.07 Å².